The van der Waals surface area contributed by atoms with Crippen molar-refractivity contribution in [1.29, 1.82) is 5.26 Å². The van der Waals surface area contributed by atoms with E-state index in [0.29, 0.717) is 16.3 Å². The number of amides is 1. The fourth-order valence-corrected chi connectivity index (χ4v) is 3.52. The molecule has 1 amide bonds. The van der Waals surface area contributed by atoms with Crippen LogP contribution in [0.5, 0.6) is 0 Å². The van der Waals surface area contributed by atoms with E-state index < -0.39 is 0 Å². The van der Waals surface area contributed by atoms with Crippen LogP contribution in [0.15, 0.2) is 35.4 Å². The van der Waals surface area contributed by atoms with Crippen LogP contribution < -0.4 is 10.2 Å². The van der Waals surface area contributed by atoms with Gasteiger partial charge in [-0.1, -0.05) is 11.8 Å². The van der Waals surface area contributed by atoms with E-state index in [1.165, 1.54) is 40.9 Å². The summed E-state index contributed by atoms with van der Waals surface area (Å²) in [6.07, 6.45) is 0.877. The van der Waals surface area contributed by atoms with Crippen LogP contribution in [-0.4, -0.2) is 30.2 Å². The molecule has 3 rings (SSSR count). The molecule has 0 aliphatic carbocycles. The van der Waals surface area contributed by atoms with Crippen molar-refractivity contribution in [3.8, 4) is 6.07 Å². The standard InChI is InChI=1S/C18H17FN4OS/c1-23-7-6-16-13(10-23)8-12(9-20)18(22-16)25-11-17(24)21-15-4-2-14(19)3-5-15/h2-5,8H,6-7,10-11H2,1H3,(H,21,24)/p+1. The molecular formula is C18H18FN4OS+. The molecule has 2 N–H and O–H groups in total. The number of benzene rings is 1. The summed E-state index contributed by atoms with van der Waals surface area (Å²) in [7, 11) is 2.12. The third kappa shape index (κ3) is 4.35. The SMILES string of the molecule is C[NH+]1CCc2nc(SCC(=O)Nc3ccc(F)cc3)c(C#N)cc2C1. The minimum absolute atomic E-state index is 0.142. The molecule has 0 saturated heterocycles. The van der Waals surface area contributed by atoms with Crippen molar-refractivity contribution in [3.63, 3.8) is 0 Å². The highest BCUT2D eigenvalue weighted by atomic mass is 32.2. The van der Waals surface area contributed by atoms with Gasteiger partial charge in [0.05, 0.1) is 30.6 Å². The molecule has 0 spiro atoms. The van der Waals surface area contributed by atoms with Gasteiger partial charge < -0.3 is 10.2 Å². The zero-order chi connectivity index (χ0) is 17.8. The number of carbonyl (C=O) groups excluding carboxylic acids is 1. The number of nitrogens with zero attached hydrogens (tertiary/aromatic N) is 2. The average molecular weight is 357 g/mol. The molecule has 1 aliphatic heterocycles. The quantitative estimate of drug-likeness (QED) is 0.812. The van der Waals surface area contributed by atoms with E-state index >= 15 is 0 Å². The molecule has 2 aromatic rings. The Morgan fingerprint density at radius 1 is 1.44 bits per heavy atom. The summed E-state index contributed by atoms with van der Waals surface area (Å²) in [5, 5.41) is 12.7. The molecule has 0 radical (unpaired) electrons. The molecule has 0 bridgehead atoms. The first-order valence-corrected chi connectivity index (χ1v) is 8.96. The Kier molecular flexibility index (Phi) is 5.31. The monoisotopic (exact) mass is 357 g/mol. The minimum Gasteiger partial charge on any atom is -0.333 e. The van der Waals surface area contributed by atoms with Crippen LogP contribution in [0.1, 0.15) is 16.8 Å². The Balaban J connectivity index is 1.67. The van der Waals surface area contributed by atoms with Gasteiger partial charge in [0.1, 0.15) is 23.5 Å². The highest BCUT2D eigenvalue weighted by Crippen LogP contribution is 2.24. The molecular weight excluding hydrogens is 339 g/mol. The summed E-state index contributed by atoms with van der Waals surface area (Å²) in [6.45, 7) is 1.88. The zero-order valence-electron chi connectivity index (χ0n) is 13.8. The lowest BCUT2D eigenvalue weighted by Crippen LogP contribution is -3.08. The maximum atomic E-state index is 12.9. The Morgan fingerprint density at radius 3 is 2.92 bits per heavy atom. The van der Waals surface area contributed by atoms with Crippen LogP contribution >= 0.6 is 11.8 Å². The van der Waals surface area contributed by atoms with Crippen molar-refractivity contribution in [2.75, 3.05) is 24.7 Å². The summed E-state index contributed by atoms with van der Waals surface area (Å²) in [6, 6.07) is 9.67. The number of quaternary nitrogens is 1. The summed E-state index contributed by atoms with van der Waals surface area (Å²) >= 11 is 1.25. The van der Waals surface area contributed by atoms with Gasteiger partial charge in [-0.3, -0.25) is 4.79 Å². The zero-order valence-corrected chi connectivity index (χ0v) is 14.6. The van der Waals surface area contributed by atoms with Crippen molar-refractivity contribution in [2.24, 2.45) is 0 Å². The predicted octanol–water partition coefficient (Wildman–Crippen LogP) is 1.39. The van der Waals surface area contributed by atoms with Crippen molar-refractivity contribution < 1.29 is 14.1 Å². The number of hydrogen-bond donors (Lipinski definition) is 2. The number of anilines is 1. The molecule has 5 nitrogen and oxygen atoms in total. The molecule has 128 valence electrons. The molecule has 1 atom stereocenters. The number of carbonyl (C=O) groups is 1. The average Bonchev–Trinajstić information content (AvgIpc) is 2.61. The molecule has 1 aliphatic rings. The predicted molar refractivity (Wildman–Crippen MR) is 93.9 cm³/mol. The Hall–Kier alpha value is -2.43. The highest BCUT2D eigenvalue weighted by molar-refractivity contribution is 8.00. The minimum atomic E-state index is -0.350. The number of halogens is 1. The van der Waals surface area contributed by atoms with E-state index in [4.69, 9.17) is 0 Å². The number of nitriles is 1. The van der Waals surface area contributed by atoms with E-state index in [9.17, 15) is 14.4 Å². The summed E-state index contributed by atoms with van der Waals surface area (Å²) in [4.78, 5) is 18.1. The van der Waals surface area contributed by atoms with Crippen LogP contribution in [0.25, 0.3) is 0 Å². The van der Waals surface area contributed by atoms with Gasteiger partial charge in [-0.2, -0.15) is 5.26 Å². The lowest BCUT2D eigenvalue weighted by atomic mass is 10.0. The number of nitrogens with one attached hydrogen (secondary N) is 2. The van der Waals surface area contributed by atoms with Crippen LogP contribution in [0.3, 0.4) is 0 Å². The van der Waals surface area contributed by atoms with Crippen LogP contribution in [0.2, 0.25) is 0 Å². The number of aromatic nitrogens is 1. The topological polar surface area (TPSA) is 70.2 Å². The Labute approximate surface area is 149 Å². The van der Waals surface area contributed by atoms with Gasteiger partial charge in [-0.25, -0.2) is 9.37 Å². The molecule has 0 fully saturated rings. The van der Waals surface area contributed by atoms with Crippen molar-refractivity contribution in [3.05, 3.63) is 53.0 Å². The second kappa shape index (κ2) is 7.64. The number of likely N-dealkylation sites (N-methyl/N-ethyl adjacent to an activating group) is 1. The first-order valence-electron chi connectivity index (χ1n) is 7.97. The number of fused-ring (bicyclic) bond motifs is 1. The number of thioether (sulfide) groups is 1. The molecule has 1 unspecified atom stereocenters. The van der Waals surface area contributed by atoms with Crippen molar-refractivity contribution in [1.82, 2.24) is 4.98 Å². The fourth-order valence-electron chi connectivity index (χ4n) is 2.74. The first kappa shape index (κ1) is 17.4. The molecule has 0 saturated carbocycles. The van der Waals surface area contributed by atoms with Crippen LogP contribution in [0.4, 0.5) is 10.1 Å². The van der Waals surface area contributed by atoms with Gasteiger partial charge in [0.25, 0.3) is 0 Å². The summed E-state index contributed by atoms with van der Waals surface area (Å²) < 4.78 is 12.9. The smallest absolute Gasteiger partial charge is 0.234 e. The van der Waals surface area contributed by atoms with E-state index in [-0.39, 0.29) is 17.5 Å². The lowest BCUT2D eigenvalue weighted by molar-refractivity contribution is -0.895. The van der Waals surface area contributed by atoms with Gasteiger partial charge in [-0.15, -0.1) is 0 Å². The second-order valence-electron chi connectivity index (χ2n) is 6.04. The molecule has 7 heteroatoms. The summed E-state index contributed by atoms with van der Waals surface area (Å²) in [5.41, 5.74) is 3.18. The van der Waals surface area contributed by atoms with Crippen LogP contribution in [0, 0.1) is 17.1 Å². The Bertz CT molecular complexity index is 832. The molecule has 2 heterocycles. The van der Waals surface area contributed by atoms with Gasteiger partial charge in [0.2, 0.25) is 5.91 Å². The van der Waals surface area contributed by atoms with Crippen molar-refractivity contribution in [2.45, 2.75) is 18.0 Å². The highest BCUT2D eigenvalue weighted by Gasteiger charge is 2.20. The first-order chi connectivity index (χ1) is 12.0. The number of hydrogen-bond acceptors (Lipinski definition) is 4. The molecule has 25 heavy (non-hydrogen) atoms. The second-order valence-corrected chi connectivity index (χ2v) is 7.00. The van der Waals surface area contributed by atoms with Gasteiger partial charge in [0, 0.05) is 17.7 Å². The largest absolute Gasteiger partial charge is 0.333 e. The fraction of sp³-hybridized carbons (Fsp3) is 0.278. The maximum Gasteiger partial charge on any atom is 0.234 e. The summed E-state index contributed by atoms with van der Waals surface area (Å²) in [5.74, 6) is -0.427. The van der Waals surface area contributed by atoms with Gasteiger partial charge >= 0.3 is 0 Å². The van der Waals surface area contributed by atoms with Crippen LogP contribution in [-0.2, 0) is 17.8 Å². The van der Waals surface area contributed by atoms with Gasteiger partial charge in [-0.05, 0) is 30.3 Å². The number of pyridine rings is 1. The van der Waals surface area contributed by atoms with E-state index in [0.717, 1.165) is 30.8 Å². The third-order valence-electron chi connectivity index (χ3n) is 4.03. The van der Waals surface area contributed by atoms with E-state index in [1.54, 1.807) is 0 Å². The molecule has 1 aromatic heterocycles. The maximum absolute atomic E-state index is 12.9. The van der Waals surface area contributed by atoms with E-state index in [2.05, 4.69) is 23.4 Å². The lowest BCUT2D eigenvalue weighted by Gasteiger charge is -2.22. The Morgan fingerprint density at radius 2 is 2.20 bits per heavy atom. The van der Waals surface area contributed by atoms with E-state index in [1.807, 2.05) is 6.07 Å². The normalized spacial score (nSPS) is 16.0. The molecule has 1 aromatic carbocycles. The van der Waals surface area contributed by atoms with Gasteiger partial charge in [0.15, 0.2) is 0 Å². The number of rotatable bonds is 4. The van der Waals surface area contributed by atoms with Crippen molar-refractivity contribution >= 4 is 23.4 Å². The third-order valence-corrected chi connectivity index (χ3v) is 5.02.